The Kier molecular flexibility index (Phi) is 18.0. The molecule has 4 aliphatic rings. The van der Waals surface area contributed by atoms with Gasteiger partial charge in [-0.1, -0.05) is 88.4 Å². The van der Waals surface area contributed by atoms with Crippen molar-refractivity contribution < 1.29 is 34.1 Å². The van der Waals surface area contributed by atoms with Gasteiger partial charge in [0.2, 0.25) is 11.7 Å². The molecule has 326 valence electrons. The number of carbonyl (C=O) groups is 1. The van der Waals surface area contributed by atoms with Crippen molar-refractivity contribution in [1.82, 2.24) is 9.80 Å². The Balaban J connectivity index is 1.57. The van der Waals surface area contributed by atoms with Crippen LogP contribution in [-0.4, -0.2) is 102 Å². The molecule has 0 radical (unpaired) electrons. The van der Waals surface area contributed by atoms with Crippen molar-refractivity contribution in [3.63, 3.8) is 0 Å². The third-order valence-corrected chi connectivity index (χ3v) is 12.6. The average Bonchev–Trinajstić information content (AvgIpc) is 4.04. The third-order valence-electron chi connectivity index (χ3n) is 12.6. The SMILES string of the molecule is C=CCO[C@@]12Oc3ccc(OCCN4CC4)cc3[C@H]3[C@H](CCCCO)[C@@H](CCCCO)C=C(C(=NOC(C)(C)C)C[C@@H]1N(C)C(=O)CCCCCCCCCCC)[C@H]32. The Labute approximate surface area is 350 Å². The number of oxime groups is 1. The fraction of sp³-hybridized carbons (Fsp3) is 0.750. The predicted molar refractivity (Wildman–Crippen MR) is 232 cm³/mol. The fourth-order valence-corrected chi connectivity index (χ4v) is 9.53. The molecule has 1 saturated heterocycles. The van der Waals surface area contributed by atoms with Crippen LogP contribution in [0.3, 0.4) is 0 Å². The molecular formula is C48H77N3O7. The van der Waals surface area contributed by atoms with E-state index in [1.54, 1.807) is 6.08 Å². The molecule has 1 aromatic carbocycles. The molecule has 2 aliphatic heterocycles. The number of benzene rings is 1. The van der Waals surface area contributed by atoms with E-state index in [4.69, 9.17) is 24.2 Å². The highest BCUT2D eigenvalue weighted by molar-refractivity contribution is 6.03. The second kappa shape index (κ2) is 22.6. The van der Waals surface area contributed by atoms with Crippen molar-refractivity contribution in [1.29, 1.82) is 0 Å². The molecule has 58 heavy (non-hydrogen) atoms. The largest absolute Gasteiger partial charge is 0.492 e. The number of nitrogens with zero attached hydrogens (tertiary/aromatic N) is 3. The molecule has 0 bridgehead atoms. The highest BCUT2D eigenvalue weighted by atomic mass is 16.7. The van der Waals surface area contributed by atoms with Crippen molar-refractivity contribution in [2.24, 2.45) is 22.9 Å². The molecule has 2 N–H and O–H groups in total. The molecule has 10 nitrogen and oxygen atoms in total. The highest BCUT2D eigenvalue weighted by Gasteiger charge is 2.65. The third kappa shape index (κ3) is 12.3. The summed E-state index contributed by atoms with van der Waals surface area (Å²) < 4.78 is 20.7. The molecule has 0 aromatic heterocycles. The minimum atomic E-state index is -1.23. The second-order valence-corrected chi connectivity index (χ2v) is 18.2. The lowest BCUT2D eigenvalue weighted by molar-refractivity contribution is -0.255. The van der Waals surface area contributed by atoms with Gasteiger partial charge in [0.25, 0.3) is 0 Å². The second-order valence-electron chi connectivity index (χ2n) is 18.2. The summed E-state index contributed by atoms with van der Waals surface area (Å²) >= 11 is 0. The maximum atomic E-state index is 14.3. The van der Waals surface area contributed by atoms with Crippen LogP contribution in [0.2, 0.25) is 0 Å². The minimum absolute atomic E-state index is 0.0643. The van der Waals surface area contributed by atoms with Crippen molar-refractivity contribution in [3.05, 3.63) is 48.1 Å². The van der Waals surface area contributed by atoms with Gasteiger partial charge in [-0.25, -0.2) is 0 Å². The van der Waals surface area contributed by atoms with Crippen molar-refractivity contribution in [2.75, 3.05) is 53.1 Å². The first-order valence-electron chi connectivity index (χ1n) is 22.9. The molecule has 5 rings (SSSR count). The van der Waals surface area contributed by atoms with Crippen molar-refractivity contribution in [3.8, 4) is 11.5 Å². The highest BCUT2D eigenvalue weighted by Crippen LogP contribution is 2.62. The molecule has 6 atom stereocenters. The Bertz CT molecular complexity index is 1500. The van der Waals surface area contributed by atoms with Gasteiger partial charge in [0.05, 0.1) is 18.2 Å². The van der Waals surface area contributed by atoms with E-state index < -0.39 is 17.4 Å². The van der Waals surface area contributed by atoms with Crippen LogP contribution in [-0.2, 0) is 14.4 Å². The number of allylic oxidation sites excluding steroid dienone is 1. The van der Waals surface area contributed by atoms with Gasteiger partial charge in [-0.3, -0.25) is 9.69 Å². The van der Waals surface area contributed by atoms with Gasteiger partial charge in [-0.15, -0.1) is 6.58 Å². The molecule has 0 unspecified atom stereocenters. The number of aliphatic hydroxyl groups is 2. The van der Waals surface area contributed by atoms with Crippen molar-refractivity contribution in [2.45, 2.75) is 160 Å². The summed E-state index contributed by atoms with van der Waals surface area (Å²) in [5, 5.41) is 24.7. The lowest BCUT2D eigenvalue weighted by Gasteiger charge is -2.59. The molecule has 0 spiro atoms. The number of carbonyl (C=O) groups excluding carboxylic acids is 1. The van der Waals surface area contributed by atoms with E-state index >= 15 is 0 Å². The van der Waals surface area contributed by atoms with Crippen LogP contribution in [0, 0.1) is 17.8 Å². The van der Waals surface area contributed by atoms with Crippen molar-refractivity contribution >= 4 is 11.6 Å². The van der Waals surface area contributed by atoms with Gasteiger partial charge in [-0.2, -0.15) is 0 Å². The molecule has 2 heterocycles. The standard InChI is InChI=1S/C48H77N3O7/c1-7-9-10-11-12-13-14-15-16-23-44(54)50(6)43-35-41(49-58-47(3,4)5)39-33-36(21-17-19-29-52)38(22-18-20-30-53)45-40-34-37(55-32-28-51-26-27-51)24-25-42(40)57-48(43,46(39)45)56-31-8-2/h8,24-25,33-34,36,38,43,45-46,52-53H,2,7,9-23,26-32,35H2,1,3-6H3/t36-,38+,43-,45+,46+,48+/m0/s1. The van der Waals surface area contributed by atoms with Crippen LogP contribution >= 0.6 is 0 Å². The number of ether oxygens (including phenoxy) is 3. The molecule has 2 fully saturated rings. The van der Waals surface area contributed by atoms with Crippen LogP contribution in [0.15, 0.2) is 47.7 Å². The maximum absolute atomic E-state index is 14.3. The van der Waals surface area contributed by atoms with Gasteiger partial charge < -0.3 is 34.2 Å². The Hall–Kier alpha value is -2.92. The maximum Gasteiger partial charge on any atom is 0.239 e. The zero-order chi connectivity index (χ0) is 41.5. The van der Waals surface area contributed by atoms with Gasteiger partial charge >= 0.3 is 0 Å². The molecule has 2 aliphatic carbocycles. The number of amides is 1. The summed E-state index contributed by atoms with van der Waals surface area (Å²) in [4.78, 5) is 24.8. The smallest absolute Gasteiger partial charge is 0.239 e. The number of rotatable bonds is 27. The van der Waals surface area contributed by atoms with Gasteiger partial charge in [-0.05, 0) is 88.5 Å². The number of hydrogen-bond donors (Lipinski definition) is 2. The molecule has 10 heteroatoms. The zero-order valence-electron chi connectivity index (χ0n) is 36.7. The fourth-order valence-electron chi connectivity index (χ4n) is 9.53. The number of unbranched alkanes of at least 4 members (excludes halogenated alkanes) is 10. The van der Waals surface area contributed by atoms with E-state index in [0.717, 1.165) is 106 Å². The molecular weight excluding hydrogens is 731 g/mol. The monoisotopic (exact) mass is 808 g/mol. The average molecular weight is 808 g/mol. The lowest BCUT2D eigenvalue weighted by atomic mass is 9.55. The van der Waals surface area contributed by atoms with E-state index in [1.807, 2.05) is 44.9 Å². The van der Waals surface area contributed by atoms with Crippen LogP contribution in [0.4, 0.5) is 0 Å². The van der Waals surface area contributed by atoms with Crippen LogP contribution < -0.4 is 9.47 Å². The zero-order valence-corrected chi connectivity index (χ0v) is 36.7. The topological polar surface area (TPSA) is 113 Å². The van der Waals surface area contributed by atoms with E-state index in [1.165, 1.54) is 38.5 Å². The quantitative estimate of drug-likeness (QED) is 0.0392. The van der Waals surface area contributed by atoms with Gasteiger partial charge in [0.1, 0.15) is 29.7 Å². The summed E-state index contributed by atoms with van der Waals surface area (Å²) in [6.45, 7) is 16.6. The van der Waals surface area contributed by atoms with Gasteiger partial charge in [0, 0.05) is 64.2 Å². The van der Waals surface area contributed by atoms with E-state index in [0.29, 0.717) is 19.4 Å². The van der Waals surface area contributed by atoms with Crippen LogP contribution in [0.5, 0.6) is 11.5 Å². The van der Waals surface area contributed by atoms with Crippen LogP contribution in [0.1, 0.15) is 148 Å². The molecule has 1 amide bonds. The molecule has 1 saturated carbocycles. The first kappa shape index (κ1) is 46.2. The summed E-state index contributed by atoms with van der Waals surface area (Å²) in [6, 6.07) is 5.72. The summed E-state index contributed by atoms with van der Waals surface area (Å²) in [5.74, 6) is 0.395. The number of aliphatic hydroxyl groups excluding tert-OH is 2. The first-order chi connectivity index (χ1) is 28.1. The number of hydrogen-bond acceptors (Lipinski definition) is 9. The lowest BCUT2D eigenvalue weighted by Crippen LogP contribution is -2.69. The van der Waals surface area contributed by atoms with Gasteiger partial charge in [0.15, 0.2) is 0 Å². The summed E-state index contributed by atoms with van der Waals surface area (Å²) in [7, 11) is 1.91. The molecule has 1 aromatic rings. The Morgan fingerprint density at radius 1 is 1.00 bits per heavy atom. The van der Waals surface area contributed by atoms with Crippen LogP contribution in [0.25, 0.3) is 0 Å². The van der Waals surface area contributed by atoms with E-state index in [9.17, 15) is 15.0 Å². The summed E-state index contributed by atoms with van der Waals surface area (Å²) in [5.41, 5.74) is 2.45. The number of likely N-dealkylation sites (N-methyl/N-ethyl adjacent to an activating group) is 1. The Morgan fingerprint density at radius 2 is 1.69 bits per heavy atom. The Morgan fingerprint density at radius 3 is 2.34 bits per heavy atom. The summed E-state index contributed by atoms with van der Waals surface area (Å²) in [6.07, 6.45) is 20.8. The number of fused-ring (bicyclic) bond motifs is 2. The first-order valence-corrected chi connectivity index (χ1v) is 22.9. The van der Waals surface area contributed by atoms with E-state index in [-0.39, 0.29) is 49.4 Å². The predicted octanol–water partition coefficient (Wildman–Crippen LogP) is 9.19. The normalized spacial score (nSPS) is 25.7. The minimum Gasteiger partial charge on any atom is -0.492 e. The van der Waals surface area contributed by atoms with E-state index in [2.05, 4.69) is 30.5 Å².